The Morgan fingerprint density at radius 1 is 0.909 bits per heavy atom. The van der Waals surface area contributed by atoms with E-state index in [1.807, 2.05) is 0 Å². The maximum Gasteiger partial charge on any atom is 0.261 e. The SMILES string of the molecule is O=C(NCCCO)[C@H](c1ccccc1)N(Cc1ccc(Cl)cc1)C(=O)COc1ccc(S(=O)(=O)Nc2ccc(F)cc2)cc1. The Labute approximate surface area is 260 Å². The number of hydrogen-bond acceptors (Lipinski definition) is 6. The van der Waals surface area contributed by atoms with Crippen molar-refractivity contribution >= 4 is 39.1 Å². The van der Waals surface area contributed by atoms with Gasteiger partial charge in [0, 0.05) is 30.4 Å². The van der Waals surface area contributed by atoms with Gasteiger partial charge in [-0.1, -0.05) is 54.1 Å². The standard InChI is InChI=1S/C32H31ClFN3O6S/c33-25-9-7-23(8-10-25)21-37(31(24-5-2-1-3-6-24)32(40)35-19-4-20-38)30(39)22-43-28-15-17-29(18-16-28)44(41,42)36-27-13-11-26(34)12-14-27/h1-3,5-18,31,36,38H,4,19-22H2,(H,35,40)/t31-/m0/s1. The first kappa shape index (κ1) is 32.5. The number of anilines is 1. The minimum Gasteiger partial charge on any atom is -0.484 e. The summed E-state index contributed by atoms with van der Waals surface area (Å²) in [5, 5.41) is 12.5. The largest absolute Gasteiger partial charge is 0.484 e. The molecule has 12 heteroatoms. The number of nitrogens with one attached hydrogen (secondary N) is 2. The summed E-state index contributed by atoms with van der Waals surface area (Å²) in [6.07, 6.45) is 0.354. The van der Waals surface area contributed by atoms with Gasteiger partial charge in [-0.05, 0) is 78.2 Å². The number of nitrogens with zero attached hydrogens (tertiary/aromatic N) is 1. The van der Waals surface area contributed by atoms with Crippen LogP contribution in [-0.4, -0.2) is 50.0 Å². The van der Waals surface area contributed by atoms with Crippen LogP contribution in [0.1, 0.15) is 23.6 Å². The first-order valence-corrected chi connectivity index (χ1v) is 15.5. The van der Waals surface area contributed by atoms with E-state index < -0.39 is 40.3 Å². The molecule has 0 aliphatic heterocycles. The molecule has 44 heavy (non-hydrogen) atoms. The van der Waals surface area contributed by atoms with Gasteiger partial charge >= 0.3 is 0 Å². The lowest BCUT2D eigenvalue weighted by atomic mass is 10.0. The molecule has 1 atom stereocenters. The number of hydrogen-bond donors (Lipinski definition) is 3. The number of ether oxygens (including phenoxy) is 1. The van der Waals surface area contributed by atoms with E-state index >= 15 is 0 Å². The maximum atomic E-state index is 13.7. The Balaban J connectivity index is 1.53. The van der Waals surface area contributed by atoms with Crippen molar-refractivity contribution < 1.29 is 32.2 Å². The Morgan fingerprint density at radius 2 is 1.57 bits per heavy atom. The van der Waals surface area contributed by atoms with Crippen LogP contribution >= 0.6 is 11.6 Å². The van der Waals surface area contributed by atoms with Crippen LogP contribution in [0.3, 0.4) is 0 Å². The molecule has 4 aromatic carbocycles. The first-order valence-electron chi connectivity index (χ1n) is 13.6. The minimum absolute atomic E-state index is 0.0615. The van der Waals surface area contributed by atoms with Gasteiger partial charge in [-0.15, -0.1) is 0 Å². The summed E-state index contributed by atoms with van der Waals surface area (Å²) < 4.78 is 46.8. The van der Waals surface area contributed by atoms with Crippen LogP contribution in [0.25, 0.3) is 0 Å². The van der Waals surface area contributed by atoms with E-state index in [2.05, 4.69) is 10.0 Å². The molecular formula is C32H31ClFN3O6S. The van der Waals surface area contributed by atoms with E-state index in [1.165, 1.54) is 41.3 Å². The van der Waals surface area contributed by atoms with Gasteiger partial charge < -0.3 is 20.1 Å². The predicted octanol–water partition coefficient (Wildman–Crippen LogP) is 4.93. The topological polar surface area (TPSA) is 125 Å². The fourth-order valence-electron chi connectivity index (χ4n) is 4.28. The maximum absolute atomic E-state index is 13.7. The zero-order chi connectivity index (χ0) is 31.5. The van der Waals surface area contributed by atoms with E-state index in [9.17, 15) is 27.5 Å². The minimum atomic E-state index is -3.96. The normalized spacial score (nSPS) is 11.8. The highest BCUT2D eigenvalue weighted by Gasteiger charge is 2.31. The smallest absolute Gasteiger partial charge is 0.261 e. The average molecular weight is 640 g/mol. The monoisotopic (exact) mass is 639 g/mol. The van der Waals surface area contributed by atoms with Gasteiger partial charge in [-0.25, -0.2) is 12.8 Å². The number of amides is 2. The van der Waals surface area contributed by atoms with Gasteiger partial charge in [-0.3, -0.25) is 14.3 Å². The van der Waals surface area contributed by atoms with Crippen LogP contribution in [0, 0.1) is 5.82 Å². The summed E-state index contributed by atoms with van der Waals surface area (Å²) in [5.74, 6) is -1.18. The number of carbonyl (C=O) groups is 2. The Kier molecular flexibility index (Phi) is 11.3. The molecule has 0 unspecified atom stereocenters. The number of carbonyl (C=O) groups excluding carboxylic acids is 2. The van der Waals surface area contributed by atoms with Crippen LogP contribution in [-0.2, 0) is 26.2 Å². The summed E-state index contributed by atoms with van der Waals surface area (Å²) in [7, 11) is -3.96. The van der Waals surface area contributed by atoms with Crippen LogP contribution in [0.2, 0.25) is 5.02 Å². The molecule has 0 aliphatic carbocycles. The average Bonchev–Trinajstić information content (AvgIpc) is 3.02. The Hall–Kier alpha value is -4.45. The molecule has 0 aromatic heterocycles. The molecule has 0 saturated heterocycles. The van der Waals surface area contributed by atoms with Crippen LogP contribution in [0.5, 0.6) is 5.75 Å². The highest BCUT2D eigenvalue weighted by Crippen LogP contribution is 2.25. The van der Waals surface area contributed by atoms with E-state index in [-0.39, 0.29) is 36.0 Å². The molecule has 0 heterocycles. The summed E-state index contributed by atoms with van der Waals surface area (Å²) in [4.78, 5) is 28.5. The lowest BCUT2D eigenvalue weighted by Gasteiger charge is -2.31. The molecule has 230 valence electrons. The highest BCUT2D eigenvalue weighted by atomic mass is 35.5. The third-order valence-corrected chi connectivity index (χ3v) is 8.14. The fourth-order valence-corrected chi connectivity index (χ4v) is 5.47. The number of aliphatic hydroxyl groups excluding tert-OH is 1. The van der Waals surface area contributed by atoms with Gasteiger partial charge in [0.2, 0.25) is 5.91 Å². The van der Waals surface area contributed by atoms with Crippen molar-refractivity contribution in [1.82, 2.24) is 10.2 Å². The van der Waals surface area contributed by atoms with Crippen LogP contribution < -0.4 is 14.8 Å². The highest BCUT2D eigenvalue weighted by molar-refractivity contribution is 7.92. The van der Waals surface area contributed by atoms with Crippen molar-refractivity contribution in [2.24, 2.45) is 0 Å². The third-order valence-electron chi connectivity index (χ3n) is 6.49. The number of sulfonamides is 1. The zero-order valence-electron chi connectivity index (χ0n) is 23.5. The molecule has 4 aromatic rings. The number of aliphatic hydroxyl groups is 1. The molecule has 0 radical (unpaired) electrons. The molecule has 0 bridgehead atoms. The number of benzene rings is 4. The van der Waals surface area contributed by atoms with Crippen molar-refractivity contribution in [2.75, 3.05) is 24.5 Å². The van der Waals surface area contributed by atoms with Gasteiger partial charge in [0.25, 0.3) is 15.9 Å². The summed E-state index contributed by atoms with van der Waals surface area (Å²) in [6.45, 7) is -0.247. The lowest BCUT2D eigenvalue weighted by molar-refractivity contribution is -0.143. The molecule has 0 spiro atoms. The van der Waals surface area contributed by atoms with Gasteiger partial charge in [0.05, 0.1) is 4.90 Å². The quantitative estimate of drug-likeness (QED) is 0.168. The number of halogens is 2. The Bertz CT molecular complexity index is 1640. The molecular weight excluding hydrogens is 609 g/mol. The van der Waals surface area contributed by atoms with Crippen molar-refractivity contribution in [3.63, 3.8) is 0 Å². The predicted molar refractivity (Wildman–Crippen MR) is 165 cm³/mol. The van der Waals surface area contributed by atoms with Crippen molar-refractivity contribution in [3.8, 4) is 5.75 Å². The molecule has 2 amide bonds. The molecule has 3 N–H and O–H groups in total. The zero-order valence-corrected chi connectivity index (χ0v) is 25.1. The summed E-state index contributed by atoms with van der Waals surface area (Å²) in [6, 6.07) is 25.1. The van der Waals surface area contributed by atoms with E-state index in [0.29, 0.717) is 17.0 Å². The molecule has 9 nitrogen and oxygen atoms in total. The summed E-state index contributed by atoms with van der Waals surface area (Å²) in [5.41, 5.74) is 1.51. The summed E-state index contributed by atoms with van der Waals surface area (Å²) >= 11 is 6.05. The van der Waals surface area contributed by atoms with Crippen LogP contribution in [0.15, 0.2) is 108 Å². The second-order valence-electron chi connectivity index (χ2n) is 9.70. The van der Waals surface area contributed by atoms with E-state index in [1.54, 1.807) is 54.6 Å². The van der Waals surface area contributed by atoms with Gasteiger partial charge in [-0.2, -0.15) is 0 Å². The Morgan fingerprint density at radius 3 is 2.20 bits per heavy atom. The molecule has 0 saturated carbocycles. The van der Waals surface area contributed by atoms with Crippen LogP contribution in [0.4, 0.5) is 10.1 Å². The van der Waals surface area contributed by atoms with Crippen molar-refractivity contribution in [2.45, 2.75) is 23.9 Å². The second kappa shape index (κ2) is 15.3. The second-order valence-corrected chi connectivity index (χ2v) is 11.8. The van der Waals surface area contributed by atoms with E-state index in [0.717, 1.165) is 17.7 Å². The van der Waals surface area contributed by atoms with Gasteiger partial charge in [0.1, 0.15) is 17.6 Å². The van der Waals surface area contributed by atoms with Crippen molar-refractivity contribution in [3.05, 3.63) is 125 Å². The first-order chi connectivity index (χ1) is 21.2. The van der Waals surface area contributed by atoms with Crippen molar-refractivity contribution in [1.29, 1.82) is 0 Å². The number of rotatable bonds is 14. The van der Waals surface area contributed by atoms with Gasteiger partial charge in [0.15, 0.2) is 6.61 Å². The molecule has 0 aliphatic rings. The molecule has 0 fully saturated rings. The lowest BCUT2D eigenvalue weighted by Crippen LogP contribution is -2.45. The fraction of sp³-hybridized carbons (Fsp3) is 0.188. The van der Waals surface area contributed by atoms with E-state index in [4.69, 9.17) is 16.3 Å². The molecule has 4 rings (SSSR count). The third kappa shape index (κ3) is 9.03.